The van der Waals surface area contributed by atoms with Crippen molar-refractivity contribution < 1.29 is 0 Å². The minimum absolute atomic E-state index is 0.706. The largest absolute Gasteiger partial charge is 0.316 e. The van der Waals surface area contributed by atoms with Crippen LogP contribution >= 0.6 is 27.3 Å². The molecule has 114 valence electrons. The number of rotatable bonds is 7. The molecule has 0 aliphatic carbocycles. The minimum atomic E-state index is 0.706. The summed E-state index contributed by atoms with van der Waals surface area (Å²) in [5.41, 5.74) is 2.37. The number of aryl methyl sites for hydroxylation is 2. The second kappa shape index (κ2) is 8.01. The molecule has 1 aromatic heterocycles. The third-order valence-electron chi connectivity index (χ3n) is 3.05. The Balaban J connectivity index is 1.89. The second-order valence-electron chi connectivity index (χ2n) is 5.72. The molecule has 0 saturated carbocycles. The molecule has 0 fully saturated rings. The maximum atomic E-state index is 4.32. The normalized spacial score (nSPS) is 11.3. The fourth-order valence-electron chi connectivity index (χ4n) is 2.09. The summed E-state index contributed by atoms with van der Waals surface area (Å²) in [7, 11) is 0. The fraction of sp³-hybridized carbons (Fsp3) is 0.500. The predicted octanol–water partition coefficient (Wildman–Crippen LogP) is 4.45. The van der Waals surface area contributed by atoms with Crippen molar-refractivity contribution in [2.45, 2.75) is 33.6 Å². The summed E-state index contributed by atoms with van der Waals surface area (Å²) < 4.78 is 1.09. The predicted molar refractivity (Wildman–Crippen MR) is 93.8 cm³/mol. The molecule has 1 heterocycles. The van der Waals surface area contributed by atoms with Crippen molar-refractivity contribution in [2.24, 2.45) is 5.92 Å². The van der Waals surface area contributed by atoms with Crippen molar-refractivity contribution in [1.29, 1.82) is 0 Å². The zero-order valence-electron chi connectivity index (χ0n) is 12.8. The third-order valence-corrected chi connectivity index (χ3v) is 4.54. The smallest absolute Gasteiger partial charge is 0.147 e. The summed E-state index contributed by atoms with van der Waals surface area (Å²) in [4.78, 5) is 0. The van der Waals surface area contributed by atoms with Crippen LogP contribution in [0.15, 0.2) is 22.7 Å². The van der Waals surface area contributed by atoms with Crippen LogP contribution in [0.25, 0.3) is 10.6 Å². The Morgan fingerprint density at radius 2 is 2.05 bits per heavy atom. The molecule has 0 amide bonds. The lowest BCUT2D eigenvalue weighted by atomic mass is 10.1. The van der Waals surface area contributed by atoms with Gasteiger partial charge in [0, 0.05) is 16.5 Å². The van der Waals surface area contributed by atoms with Gasteiger partial charge in [-0.15, -0.1) is 10.2 Å². The number of nitrogens with one attached hydrogen (secondary N) is 1. The van der Waals surface area contributed by atoms with E-state index < -0.39 is 0 Å². The van der Waals surface area contributed by atoms with Crippen LogP contribution in [0.2, 0.25) is 0 Å². The van der Waals surface area contributed by atoms with Gasteiger partial charge in [0.1, 0.15) is 10.0 Å². The maximum absolute atomic E-state index is 4.32. The zero-order valence-corrected chi connectivity index (χ0v) is 15.2. The first kappa shape index (κ1) is 16.6. The van der Waals surface area contributed by atoms with Gasteiger partial charge in [0.25, 0.3) is 0 Å². The van der Waals surface area contributed by atoms with E-state index in [0.29, 0.717) is 5.92 Å². The first-order valence-corrected chi connectivity index (χ1v) is 8.96. The molecule has 1 N–H and O–H groups in total. The lowest BCUT2D eigenvalue weighted by molar-refractivity contribution is 0.542. The fourth-order valence-corrected chi connectivity index (χ4v) is 3.56. The highest BCUT2D eigenvalue weighted by molar-refractivity contribution is 9.10. The number of nitrogens with zero attached hydrogens (tertiary/aromatic N) is 2. The van der Waals surface area contributed by atoms with E-state index in [1.165, 1.54) is 5.56 Å². The Labute approximate surface area is 139 Å². The zero-order chi connectivity index (χ0) is 15.2. The van der Waals surface area contributed by atoms with Crippen molar-refractivity contribution in [3.8, 4) is 10.6 Å². The number of hydrogen-bond donors (Lipinski definition) is 1. The molecular weight excluding hydrogens is 346 g/mol. The molecule has 1 aromatic carbocycles. The standard InChI is InChI=1S/C16H22BrN3S/c1-11(2)10-18-6-4-5-15-19-20-16(21-15)13-7-12(3)8-14(17)9-13/h7-9,11,18H,4-6,10H2,1-3H3. The van der Waals surface area contributed by atoms with E-state index in [2.05, 4.69) is 70.4 Å². The molecule has 0 bridgehead atoms. The van der Waals surface area contributed by atoms with Crippen LogP contribution in [0.3, 0.4) is 0 Å². The van der Waals surface area contributed by atoms with Crippen molar-refractivity contribution in [3.63, 3.8) is 0 Å². The van der Waals surface area contributed by atoms with E-state index in [4.69, 9.17) is 0 Å². The van der Waals surface area contributed by atoms with E-state index in [0.717, 1.165) is 46.0 Å². The molecule has 0 aliphatic heterocycles. The minimum Gasteiger partial charge on any atom is -0.316 e. The molecule has 2 rings (SSSR count). The van der Waals surface area contributed by atoms with Gasteiger partial charge in [-0.1, -0.05) is 41.1 Å². The number of halogens is 1. The van der Waals surface area contributed by atoms with Gasteiger partial charge in [-0.2, -0.15) is 0 Å². The van der Waals surface area contributed by atoms with Gasteiger partial charge in [-0.05, 0) is 56.1 Å². The lowest BCUT2D eigenvalue weighted by Crippen LogP contribution is -2.21. The van der Waals surface area contributed by atoms with E-state index in [9.17, 15) is 0 Å². The van der Waals surface area contributed by atoms with Gasteiger partial charge >= 0.3 is 0 Å². The summed E-state index contributed by atoms with van der Waals surface area (Å²) in [5, 5.41) is 14.2. The van der Waals surface area contributed by atoms with Crippen LogP contribution in [0.4, 0.5) is 0 Å². The first-order chi connectivity index (χ1) is 10.0. The summed E-state index contributed by atoms with van der Waals surface area (Å²) >= 11 is 5.23. The summed E-state index contributed by atoms with van der Waals surface area (Å²) in [6.07, 6.45) is 2.11. The van der Waals surface area contributed by atoms with Gasteiger partial charge in [-0.3, -0.25) is 0 Å². The highest BCUT2D eigenvalue weighted by atomic mass is 79.9. The third kappa shape index (κ3) is 5.49. The van der Waals surface area contributed by atoms with E-state index in [-0.39, 0.29) is 0 Å². The second-order valence-corrected chi connectivity index (χ2v) is 7.70. The monoisotopic (exact) mass is 367 g/mol. The van der Waals surface area contributed by atoms with Crippen molar-refractivity contribution in [3.05, 3.63) is 33.2 Å². The van der Waals surface area contributed by atoms with Gasteiger partial charge in [0.05, 0.1) is 0 Å². The quantitative estimate of drug-likeness (QED) is 0.734. The summed E-state index contributed by atoms with van der Waals surface area (Å²) in [5.74, 6) is 0.706. The molecule has 0 spiro atoms. The Morgan fingerprint density at radius 1 is 1.24 bits per heavy atom. The molecular formula is C16H22BrN3S. The van der Waals surface area contributed by atoms with Crippen LogP contribution in [0.5, 0.6) is 0 Å². The van der Waals surface area contributed by atoms with Crippen LogP contribution in [0.1, 0.15) is 30.8 Å². The Morgan fingerprint density at radius 3 is 2.76 bits per heavy atom. The number of aromatic nitrogens is 2. The SMILES string of the molecule is Cc1cc(Br)cc(-c2nnc(CCCNCC(C)C)s2)c1. The number of hydrogen-bond acceptors (Lipinski definition) is 4. The van der Waals surface area contributed by atoms with Gasteiger partial charge in [0.2, 0.25) is 0 Å². The van der Waals surface area contributed by atoms with E-state index >= 15 is 0 Å². The molecule has 3 nitrogen and oxygen atoms in total. The molecule has 0 atom stereocenters. The van der Waals surface area contributed by atoms with E-state index in [1.807, 2.05) is 0 Å². The highest BCUT2D eigenvalue weighted by Crippen LogP contribution is 2.27. The summed E-state index contributed by atoms with van der Waals surface area (Å²) in [6.45, 7) is 8.67. The maximum Gasteiger partial charge on any atom is 0.147 e. The van der Waals surface area contributed by atoms with Crippen molar-refractivity contribution in [2.75, 3.05) is 13.1 Å². The van der Waals surface area contributed by atoms with Crippen LogP contribution in [-0.4, -0.2) is 23.3 Å². The van der Waals surface area contributed by atoms with Gasteiger partial charge in [-0.25, -0.2) is 0 Å². The topological polar surface area (TPSA) is 37.8 Å². The molecule has 0 aliphatic rings. The van der Waals surface area contributed by atoms with E-state index in [1.54, 1.807) is 11.3 Å². The molecule has 0 saturated heterocycles. The molecule has 21 heavy (non-hydrogen) atoms. The Kier molecular flexibility index (Phi) is 6.33. The van der Waals surface area contributed by atoms with Crippen LogP contribution in [-0.2, 0) is 6.42 Å². The first-order valence-electron chi connectivity index (χ1n) is 7.35. The average molecular weight is 368 g/mol. The van der Waals surface area contributed by atoms with Gasteiger partial charge < -0.3 is 5.32 Å². The Hall–Kier alpha value is -0.780. The molecule has 0 unspecified atom stereocenters. The average Bonchev–Trinajstić information content (AvgIpc) is 2.85. The van der Waals surface area contributed by atoms with Crippen molar-refractivity contribution in [1.82, 2.24) is 15.5 Å². The summed E-state index contributed by atoms with van der Waals surface area (Å²) in [6, 6.07) is 6.35. The highest BCUT2D eigenvalue weighted by Gasteiger charge is 2.08. The van der Waals surface area contributed by atoms with Crippen molar-refractivity contribution >= 4 is 27.3 Å². The lowest BCUT2D eigenvalue weighted by Gasteiger charge is -2.05. The Bertz CT molecular complexity index is 560. The van der Waals surface area contributed by atoms with Crippen LogP contribution < -0.4 is 5.32 Å². The van der Waals surface area contributed by atoms with Gasteiger partial charge in [0.15, 0.2) is 0 Å². The molecule has 2 aromatic rings. The molecule has 5 heteroatoms. The molecule has 0 radical (unpaired) electrons. The number of benzene rings is 1. The van der Waals surface area contributed by atoms with Crippen LogP contribution in [0, 0.1) is 12.8 Å².